The Bertz CT molecular complexity index is 957. The average Bonchev–Trinajstić information content (AvgIpc) is 3.10. The summed E-state index contributed by atoms with van der Waals surface area (Å²) in [5, 5.41) is 4.68. The molecule has 0 radical (unpaired) electrons. The number of hydrogen-bond acceptors (Lipinski definition) is 6. The third-order valence-electron chi connectivity index (χ3n) is 5.40. The van der Waals surface area contributed by atoms with Crippen molar-refractivity contribution in [3.63, 3.8) is 0 Å². The van der Waals surface area contributed by atoms with Crippen molar-refractivity contribution < 1.29 is 0 Å². The molecule has 0 bridgehead atoms. The van der Waals surface area contributed by atoms with Crippen LogP contribution >= 0.6 is 0 Å². The van der Waals surface area contributed by atoms with E-state index < -0.39 is 0 Å². The van der Waals surface area contributed by atoms with Gasteiger partial charge in [-0.1, -0.05) is 19.4 Å². The molecule has 0 atom stereocenters. The second-order valence-electron chi connectivity index (χ2n) is 7.71. The third-order valence-corrected chi connectivity index (χ3v) is 5.40. The highest BCUT2D eigenvalue weighted by Crippen LogP contribution is 2.23. The molecule has 1 aliphatic heterocycles. The topological polar surface area (TPSA) is 85.2 Å². The van der Waals surface area contributed by atoms with Crippen molar-refractivity contribution in [3.8, 4) is 0 Å². The van der Waals surface area contributed by atoms with Crippen LogP contribution in [0.25, 0.3) is 5.65 Å². The molecule has 1 saturated heterocycles. The summed E-state index contributed by atoms with van der Waals surface area (Å²) in [6, 6.07) is 2.23. The molecule has 0 aromatic carbocycles. The average molecular weight is 380 g/mol. The molecule has 0 unspecified atom stereocenters. The van der Waals surface area contributed by atoms with E-state index in [9.17, 15) is 0 Å². The van der Waals surface area contributed by atoms with Crippen LogP contribution in [0.5, 0.6) is 0 Å². The number of nitrogen functional groups attached to an aromatic ring is 1. The maximum absolute atomic E-state index is 6.11. The maximum Gasteiger partial charge on any atom is 0.196 e. The predicted molar refractivity (Wildman–Crippen MR) is 112 cm³/mol. The summed E-state index contributed by atoms with van der Waals surface area (Å²) in [4.78, 5) is 16.0. The highest BCUT2D eigenvalue weighted by Gasteiger charge is 2.16. The number of fused-ring (bicyclic) bond motifs is 1. The highest BCUT2D eigenvalue weighted by atomic mass is 15.3. The van der Waals surface area contributed by atoms with E-state index in [2.05, 4.69) is 39.9 Å². The summed E-state index contributed by atoms with van der Waals surface area (Å²) in [6.07, 6.45) is 11.4. The van der Waals surface area contributed by atoms with Gasteiger partial charge < -0.3 is 10.6 Å². The van der Waals surface area contributed by atoms with Gasteiger partial charge in [-0.2, -0.15) is 5.10 Å². The fraction of sp³-hybridized carbons (Fsp3) is 0.524. The normalized spacial score (nSPS) is 14.7. The van der Waals surface area contributed by atoms with Crippen LogP contribution in [-0.4, -0.2) is 37.7 Å². The van der Waals surface area contributed by atoms with E-state index in [0.29, 0.717) is 11.5 Å². The van der Waals surface area contributed by atoms with Crippen molar-refractivity contribution in [1.29, 1.82) is 0 Å². The number of hydrogen-bond donors (Lipinski definition) is 1. The lowest BCUT2D eigenvalue weighted by Gasteiger charge is -2.29. The summed E-state index contributed by atoms with van der Waals surface area (Å²) < 4.78 is 1.85. The number of nitrogens with zero attached hydrogens (tertiary/aromatic N) is 6. The first-order chi connectivity index (χ1) is 13.7. The molecule has 28 heavy (non-hydrogen) atoms. The van der Waals surface area contributed by atoms with Gasteiger partial charge in [-0.25, -0.2) is 19.5 Å². The SMILES string of the molecule is CCCCc1nc(N)c2ncc(Cc3cnc(N4CCCCC4)c(C)c3)n2n1. The first kappa shape index (κ1) is 18.7. The van der Waals surface area contributed by atoms with Crippen molar-refractivity contribution in [2.24, 2.45) is 0 Å². The molecule has 1 aliphatic rings. The van der Waals surface area contributed by atoms with Gasteiger partial charge in [0, 0.05) is 32.1 Å². The second-order valence-corrected chi connectivity index (χ2v) is 7.71. The molecule has 7 nitrogen and oxygen atoms in total. The predicted octanol–water partition coefficient (Wildman–Crippen LogP) is 3.33. The monoisotopic (exact) mass is 379 g/mol. The van der Waals surface area contributed by atoms with Gasteiger partial charge in [-0.05, 0) is 43.7 Å². The smallest absolute Gasteiger partial charge is 0.196 e. The molecule has 148 valence electrons. The van der Waals surface area contributed by atoms with E-state index >= 15 is 0 Å². The standard InChI is InChI=1S/C21H29N7/c1-3-4-8-18-25-19(22)21-24-14-17(28(21)26-18)12-16-11-15(2)20(23-13-16)27-9-6-5-7-10-27/h11,13-14H,3-10,12H2,1-2H3,(H2,22,25,26). The van der Waals surface area contributed by atoms with Crippen LogP contribution in [0.1, 0.15) is 61.7 Å². The number of rotatable bonds is 6. The summed E-state index contributed by atoms with van der Waals surface area (Å²) >= 11 is 0. The van der Waals surface area contributed by atoms with Crippen molar-refractivity contribution in [2.45, 2.75) is 58.8 Å². The maximum atomic E-state index is 6.11. The number of aryl methyl sites for hydroxylation is 2. The minimum Gasteiger partial charge on any atom is -0.380 e. The summed E-state index contributed by atoms with van der Waals surface area (Å²) in [5.41, 5.74) is 10.1. The Labute approximate surface area is 166 Å². The largest absolute Gasteiger partial charge is 0.380 e. The van der Waals surface area contributed by atoms with Gasteiger partial charge in [0.1, 0.15) is 5.82 Å². The van der Waals surface area contributed by atoms with Gasteiger partial charge in [0.15, 0.2) is 17.3 Å². The lowest BCUT2D eigenvalue weighted by molar-refractivity contribution is 0.572. The van der Waals surface area contributed by atoms with Gasteiger partial charge in [-0.3, -0.25) is 0 Å². The first-order valence-corrected chi connectivity index (χ1v) is 10.3. The Morgan fingerprint density at radius 2 is 1.93 bits per heavy atom. The molecule has 0 saturated carbocycles. The van der Waals surface area contributed by atoms with Gasteiger partial charge in [0.05, 0.1) is 11.9 Å². The number of piperidine rings is 1. The van der Waals surface area contributed by atoms with Crippen molar-refractivity contribution >= 4 is 17.3 Å². The number of nitrogens with two attached hydrogens (primary N) is 1. The van der Waals surface area contributed by atoms with Crippen molar-refractivity contribution in [1.82, 2.24) is 24.6 Å². The zero-order chi connectivity index (χ0) is 19.5. The van der Waals surface area contributed by atoms with Crippen LogP contribution in [0, 0.1) is 6.92 Å². The molecule has 0 spiro atoms. The van der Waals surface area contributed by atoms with Crippen LogP contribution in [-0.2, 0) is 12.8 Å². The van der Waals surface area contributed by atoms with E-state index in [0.717, 1.165) is 61.7 Å². The highest BCUT2D eigenvalue weighted by molar-refractivity contribution is 5.59. The molecule has 0 aliphatic carbocycles. The summed E-state index contributed by atoms with van der Waals surface area (Å²) in [6.45, 7) is 6.53. The molecule has 3 aromatic rings. The molecule has 7 heteroatoms. The zero-order valence-corrected chi connectivity index (χ0v) is 16.9. The Hall–Kier alpha value is -2.70. The lowest BCUT2D eigenvalue weighted by Crippen LogP contribution is -2.30. The minimum atomic E-state index is 0.446. The number of imidazole rings is 1. The van der Waals surface area contributed by atoms with Gasteiger partial charge in [-0.15, -0.1) is 0 Å². The Kier molecular flexibility index (Phi) is 5.41. The first-order valence-electron chi connectivity index (χ1n) is 10.3. The van der Waals surface area contributed by atoms with Crippen LogP contribution in [0.3, 0.4) is 0 Å². The fourth-order valence-corrected chi connectivity index (χ4v) is 3.92. The van der Waals surface area contributed by atoms with E-state index in [1.165, 1.54) is 24.8 Å². The van der Waals surface area contributed by atoms with Crippen LogP contribution in [0.2, 0.25) is 0 Å². The molecule has 0 amide bonds. The summed E-state index contributed by atoms with van der Waals surface area (Å²) in [7, 11) is 0. The van der Waals surface area contributed by atoms with Crippen molar-refractivity contribution in [2.75, 3.05) is 23.7 Å². The van der Waals surface area contributed by atoms with Gasteiger partial charge in [0.25, 0.3) is 0 Å². The molecule has 3 aromatic heterocycles. The lowest BCUT2D eigenvalue weighted by atomic mass is 10.1. The quantitative estimate of drug-likeness (QED) is 0.707. The molecular weight excluding hydrogens is 350 g/mol. The molecule has 2 N–H and O–H groups in total. The van der Waals surface area contributed by atoms with E-state index in [1.54, 1.807) is 0 Å². The van der Waals surface area contributed by atoms with Crippen LogP contribution in [0.4, 0.5) is 11.6 Å². The fourth-order valence-electron chi connectivity index (χ4n) is 3.92. The van der Waals surface area contributed by atoms with E-state index in [1.807, 2.05) is 16.9 Å². The molecular formula is C21H29N7. The number of anilines is 2. The Morgan fingerprint density at radius 1 is 1.11 bits per heavy atom. The van der Waals surface area contributed by atoms with Crippen molar-refractivity contribution in [3.05, 3.63) is 41.1 Å². The summed E-state index contributed by atoms with van der Waals surface area (Å²) in [5.74, 6) is 2.35. The van der Waals surface area contributed by atoms with Gasteiger partial charge in [0.2, 0.25) is 0 Å². The number of aromatic nitrogens is 5. The number of unbranched alkanes of at least 4 members (excludes halogenated alkanes) is 1. The Morgan fingerprint density at radius 3 is 2.68 bits per heavy atom. The second kappa shape index (κ2) is 8.12. The third kappa shape index (κ3) is 3.79. The molecule has 4 rings (SSSR count). The van der Waals surface area contributed by atoms with Gasteiger partial charge >= 0.3 is 0 Å². The van der Waals surface area contributed by atoms with Crippen LogP contribution in [0.15, 0.2) is 18.5 Å². The number of pyridine rings is 1. The zero-order valence-electron chi connectivity index (χ0n) is 16.9. The van der Waals surface area contributed by atoms with E-state index in [-0.39, 0.29) is 0 Å². The Balaban J connectivity index is 1.59. The molecule has 1 fully saturated rings. The minimum absolute atomic E-state index is 0.446. The van der Waals surface area contributed by atoms with Crippen LogP contribution < -0.4 is 10.6 Å². The van der Waals surface area contributed by atoms with E-state index in [4.69, 9.17) is 10.7 Å². The molecule has 4 heterocycles.